The van der Waals surface area contributed by atoms with Gasteiger partial charge in [0.25, 0.3) is 0 Å². The first-order chi connectivity index (χ1) is 16.3. The van der Waals surface area contributed by atoms with Crippen LogP contribution in [0, 0.1) is 3.57 Å². The number of hydrogen-bond donors (Lipinski definition) is 1. The Hall–Kier alpha value is -1.82. The molecule has 2 aromatic heterocycles. The fourth-order valence-electron chi connectivity index (χ4n) is 4.22. The molecule has 1 fully saturated rings. The number of aromatic nitrogens is 3. The van der Waals surface area contributed by atoms with E-state index in [9.17, 15) is 9.59 Å². The molecule has 194 valence electrons. The number of hydrogen-bond acceptors (Lipinski definition) is 7. The van der Waals surface area contributed by atoms with E-state index in [1.54, 1.807) is 11.1 Å². The van der Waals surface area contributed by atoms with Gasteiger partial charge in [0.2, 0.25) is 5.95 Å². The fourth-order valence-corrected chi connectivity index (χ4v) is 5.60. The van der Waals surface area contributed by atoms with Gasteiger partial charge in [-0.1, -0.05) is 32.4 Å². The largest absolute Gasteiger partial charge is 0.458 e. The van der Waals surface area contributed by atoms with Crippen LogP contribution in [0.15, 0.2) is 6.20 Å². The smallest absolute Gasteiger partial charge is 0.410 e. The van der Waals surface area contributed by atoms with Gasteiger partial charge >= 0.3 is 12.1 Å². The number of likely N-dealkylation sites (tertiary alicyclic amines) is 1. The Morgan fingerprint density at radius 2 is 1.91 bits per heavy atom. The standard InChI is InChI=1S/C24H35ClIN5O4/c1-8-24(7,9-2)20-19(26)18(25)16-12-27-21(29-31(16)20)28-15-10-11-30(13-17(15)34-14(3)32)22(33)35-23(4,5)6/h12,15,17H,8-11,13H2,1-7H3,(H,28,29)/t15-,17-/m1/s1. The molecule has 3 rings (SSSR count). The number of piperidine rings is 1. The molecule has 0 aromatic carbocycles. The zero-order valence-corrected chi connectivity index (χ0v) is 24.4. The van der Waals surface area contributed by atoms with Crippen LogP contribution in [0.2, 0.25) is 5.02 Å². The zero-order valence-electron chi connectivity index (χ0n) is 21.4. The minimum Gasteiger partial charge on any atom is -0.458 e. The van der Waals surface area contributed by atoms with Gasteiger partial charge in [-0.05, 0) is 62.6 Å². The summed E-state index contributed by atoms with van der Waals surface area (Å²) in [4.78, 5) is 30.5. The molecule has 0 unspecified atom stereocenters. The molecule has 0 radical (unpaired) electrons. The van der Waals surface area contributed by atoms with Crippen molar-refractivity contribution >= 4 is 57.7 Å². The summed E-state index contributed by atoms with van der Waals surface area (Å²) in [5.41, 5.74) is 1.10. The second-order valence-corrected chi connectivity index (χ2v) is 11.7. The minimum absolute atomic E-state index is 0.1000. The van der Waals surface area contributed by atoms with Gasteiger partial charge in [-0.25, -0.2) is 14.3 Å². The first-order valence-electron chi connectivity index (χ1n) is 11.9. The van der Waals surface area contributed by atoms with E-state index in [-0.39, 0.29) is 18.0 Å². The Bertz CT molecular complexity index is 1100. The van der Waals surface area contributed by atoms with Crippen LogP contribution in [0.5, 0.6) is 0 Å². The Morgan fingerprint density at radius 3 is 2.49 bits per heavy atom. The molecule has 2 aromatic rings. The van der Waals surface area contributed by atoms with Crippen LogP contribution < -0.4 is 5.32 Å². The topological polar surface area (TPSA) is 98.1 Å². The average Bonchev–Trinajstić information content (AvgIpc) is 3.03. The lowest BCUT2D eigenvalue weighted by Gasteiger charge is -2.38. The molecule has 35 heavy (non-hydrogen) atoms. The molecule has 0 saturated carbocycles. The van der Waals surface area contributed by atoms with E-state index in [1.807, 2.05) is 25.3 Å². The number of carbonyl (C=O) groups is 2. The number of nitrogens with one attached hydrogen (secondary N) is 1. The summed E-state index contributed by atoms with van der Waals surface area (Å²) in [5, 5.41) is 8.77. The molecule has 0 aliphatic carbocycles. The molecule has 0 spiro atoms. The number of halogens is 2. The van der Waals surface area contributed by atoms with E-state index in [2.05, 4.69) is 53.7 Å². The van der Waals surface area contributed by atoms with Gasteiger partial charge in [0.1, 0.15) is 17.2 Å². The molecule has 1 amide bonds. The highest BCUT2D eigenvalue weighted by Gasteiger charge is 2.36. The second-order valence-electron chi connectivity index (χ2n) is 10.2. The van der Waals surface area contributed by atoms with E-state index in [0.717, 1.165) is 27.6 Å². The fraction of sp³-hybridized carbons (Fsp3) is 0.667. The predicted octanol–water partition coefficient (Wildman–Crippen LogP) is 5.42. The lowest BCUT2D eigenvalue weighted by Crippen LogP contribution is -2.54. The molecule has 0 bridgehead atoms. The van der Waals surface area contributed by atoms with Crippen molar-refractivity contribution in [3.05, 3.63) is 20.5 Å². The highest BCUT2D eigenvalue weighted by molar-refractivity contribution is 14.1. The summed E-state index contributed by atoms with van der Waals surface area (Å²) in [7, 11) is 0. The van der Waals surface area contributed by atoms with E-state index < -0.39 is 23.8 Å². The van der Waals surface area contributed by atoms with Crippen molar-refractivity contribution in [3.8, 4) is 0 Å². The molecule has 1 aliphatic rings. The maximum Gasteiger partial charge on any atom is 0.410 e. The van der Waals surface area contributed by atoms with Crippen molar-refractivity contribution in [3.63, 3.8) is 0 Å². The van der Waals surface area contributed by atoms with Crippen LogP contribution >= 0.6 is 34.2 Å². The third-order valence-corrected chi connectivity index (χ3v) is 8.30. The van der Waals surface area contributed by atoms with Crippen LogP contribution in [0.25, 0.3) is 5.52 Å². The third kappa shape index (κ3) is 6.12. The Labute approximate surface area is 225 Å². The first-order valence-corrected chi connectivity index (χ1v) is 13.4. The number of amides is 1. The lowest BCUT2D eigenvalue weighted by atomic mass is 9.81. The molecule has 3 heterocycles. The Balaban J connectivity index is 1.89. The summed E-state index contributed by atoms with van der Waals surface area (Å²) < 4.78 is 13.9. The first kappa shape index (κ1) is 27.8. The second kappa shape index (κ2) is 10.7. The average molecular weight is 620 g/mol. The maximum atomic E-state index is 12.6. The van der Waals surface area contributed by atoms with Crippen molar-refractivity contribution in [1.29, 1.82) is 0 Å². The van der Waals surface area contributed by atoms with E-state index in [1.165, 1.54) is 6.92 Å². The third-order valence-electron chi connectivity index (χ3n) is 6.54. The van der Waals surface area contributed by atoms with Gasteiger partial charge in [0.05, 0.1) is 33.1 Å². The van der Waals surface area contributed by atoms with Gasteiger partial charge in [-0.2, -0.15) is 0 Å². The SMILES string of the molecule is CCC(C)(CC)c1c(I)c(Cl)c2cnc(N[C@@H]3CCN(C(=O)OC(C)(C)C)C[C@H]3OC(C)=O)nn12. The highest BCUT2D eigenvalue weighted by Crippen LogP contribution is 2.40. The van der Waals surface area contributed by atoms with Gasteiger partial charge in [0, 0.05) is 18.9 Å². The van der Waals surface area contributed by atoms with E-state index >= 15 is 0 Å². The predicted molar refractivity (Wildman–Crippen MR) is 144 cm³/mol. The van der Waals surface area contributed by atoms with Crippen LogP contribution in [0.4, 0.5) is 10.7 Å². The highest BCUT2D eigenvalue weighted by atomic mass is 127. The number of carbonyl (C=O) groups excluding carboxylic acids is 2. The van der Waals surface area contributed by atoms with E-state index in [4.69, 9.17) is 26.2 Å². The molecular formula is C24H35ClIN5O4. The number of anilines is 1. The molecule has 11 heteroatoms. The number of esters is 1. The molecule has 1 aliphatic heterocycles. The maximum absolute atomic E-state index is 12.6. The normalized spacial score (nSPS) is 19.1. The zero-order chi connectivity index (χ0) is 26.1. The number of rotatable bonds is 6. The number of ether oxygens (including phenoxy) is 2. The van der Waals surface area contributed by atoms with Crippen molar-refractivity contribution in [1.82, 2.24) is 19.5 Å². The van der Waals surface area contributed by atoms with Crippen molar-refractivity contribution in [2.45, 2.75) is 90.9 Å². The van der Waals surface area contributed by atoms with Crippen LogP contribution in [-0.2, 0) is 19.7 Å². The summed E-state index contributed by atoms with van der Waals surface area (Å²) in [5.74, 6) is -0.0101. The Morgan fingerprint density at radius 1 is 1.26 bits per heavy atom. The van der Waals surface area contributed by atoms with Crippen LogP contribution in [0.3, 0.4) is 0 Å². The van der Waals surface area contributed by atoms with Crippen molar-refractivity contribution in [2.75, 3.05) is 18.4 Å². The molecule has 1 saturated heterocycles. The summed E-state index contributed by atoms with van der Waals surface area (Å²) in [6.07, 6.45) is 3.13. The lowest BCUT2D eigenvalue weighted by molar-refractivity contribution is -0.149. The number of fused-ring (bicyclic) bond motifs is 1. The van der Waals surface area contributed by atoms with Crippen molar-refractivity contribution < 1.29 is 19.1 Å². The summed E-state index contributed by atoms with van der Waals surface area (Å²) in [6.45, 7) is 14.0. The van der Waals surface area contributed by atoms with Gasteiger partial charge < -0.3 is 19.7 Å². The van der Waals surface area contributed by atoms with Gasteiger partial charge in [-0.3, -0.25) is 4.79 Å². The Kier molecular flexibility index (Phi) is 8.45. The molecule has 9 nitrogen and oxygen atoms in total. The van der Waals surface area contributed by atoms with E-state index in [0.29, 0.717) is 23.9 Å². The summed E-state index contributed by atoms with van der Waals surface area (Å²) in [6, 6.07) is -0.271. The van der Waals surface area contributed by atoms with Gasteiger partial charge in [-0.15, -0.1) is 5.10 Å². The van der Waals surface area contributed by atoms with Crippen LogP contribution in [0.1, 0.15) is 73.4 Å². The molecule has 2 atom stereocenters. The number of nitrogens with zero attached hydrogens (tertiary/aromatic N) is 4. The minimum atomic E-state index is -0.606. The quantitative estimate of drug-likeness (QED) is 0.341. The van der Waals surface area contributed by atoms with Crippen LogP contribution in [-0.4, -0.2) is 62.4 Å². The monoisotopic (exact) mass is 619 g/mol. The summed E-state index contributed by atoms with van der Waals surface area (Å²) >= 11 is 8.93. The molecule has 1 N–H and O–H groups in total. The molecular weight excluding hydrogens is 585 g/mol. The van der Waals surface area contributed by atoms with Crippen molar-refractivity contribution in [2.24, 2.45) is 0 Å². The van der Waals surface area contributed by atoms with Gasteiger partial charge in [0.15, 0.2) is 0 Å².